The van der Waals surface area contributed by atoms with E-state index >= 15 is 0 Å². The van der Waals surface area contributed by atoms with E-state index in [9.17, 15) is 5.11 Å². The van der Waals surface area contributed by atoms with Crippen molar-refractivity contribution in [1.82, 2.24) is 4.90 Å². The van der Waals surface area contributed by atoms with Crippen LogP contribution in [0.25, 0.3) is 0 Å². The number of likely N-dealkylation sites (tertiary alicyclic amines) is 1. The van der Waals surface area contributed by atoms with Gasteiger partial charge in [0.1, 0.15) is 0 Å². The van der Waals surface area contributed by atoms with E-state index in [-0.39, 0.29) is 12.0 Å². The first-order chi connectivity index (χ1) is 15.2. The van der Waals surface area contributed by atoms with E-state index in [0.29, 0.717) is 28.6 Å². The number of rotatable bonds is 10. The first-order valence-electron chi connectivity index (χ1n) is 12.9. The molecule has 1 aliphatic heterocycles. The van der Waals surface area contributed by atoms with E-state index in [1.54, 1.807) is 0 Å². The highest BCUT2D eigenvalue weighted by Gasteiger charge is 2.47. The molecular weight excluding hydrogens is 434 g/mol. The van der Waals surface area contributed by atoms with Crippen LogP contribution in [0, 0.1) is 5.92 Å². The molecule has 1 aromatic rings. The fraction of sp³-hybridized carbons (Fsp3) is 0.778. The summed E-state index contributed by atoms with van der Waals surface area (Å²) in [6.45, 7) is 17.4. The molecule has 0 spiro atoms. The van der Waals surface area contributed by atoms with Gasteiger partial charge in [0, 0.05) is 36.2 Å². The zero-order chi connectivity index (χ0) is 23.5. The molecule has 1 N–H and O–H groups in total. The molecule has 0 bridgehead atoms. The number of aliphatic hydroxyl groups excluding tert-OH is 1. The summed E-state index contributed by atoms with van der Waals surface area (Å²) in [5.74, 6) is 0.310. The van der Waals surface area contributed by atoms with E-state index in [1.165, 1.54) is 31.2 Å². The molecule has 0 aromatic heterocycles. The molecule has 1 saturated heterocycles. The van der Waals surface area contributed by atoms with Gasteiger partial charge >= 0.3 is 0 Å². The Balaban J connectivity index is 1.82. The Morgan fingerprint density at radius 1 is 1.03 bits per heavy atom. The fourth-order valence-electron chi connectivity index (χ4n) is 6.93. The maximum atomic E-state index is 10.3. The number of halogens is 1. The summed E-state index contributed by atoms with van der Waals surface area (Å²) in [7, 11) is -1.93. The monoisotopic (exact) mass is 479 g/mol. The van der Waals surface area contributed by atoms with Crippen molar-refractivity contribution in [2.24, 2.45) is 5.92 Å². The fourth-order valence-corrected chi connectivity index (χ4v) is 12.5. The van der Waals surface area contributed by atoms with Crippen molar-refractivity contribution in [1.29, 1.82) is 0 Å². The number of hydrogen-bond donors (Lipinski definition) is 1. The van der Waals surface area contributed by atoms with Crippen LogP contribution in [0.2, 0.25) is 21.6 Å². The van der Waals surface area contributed by atoms with Gasteiger partial charge < -0.3 is 9.53 Å². The minimum absolute atomic E-state index is 0.225. The largest absolute Gasteiger partial charge is 0.414 e. The molecule has 0 amide bonds. The Morgan fingerprint density at radius 3 is 2.09 bits per heavy atom. The molecule has 1 saturated carbocycles. The van der Waals surface area contributed by atoms with Crippen LogP contribution in [-0.2, 0) is 9.84 Å². The van der Waals surface area contributed by atoms with Crippen molar-refractivity contribution >= 4 is 19.9 Å². The number of benzene rings is 1. The van der Waals surface area contributed by atoms with Gasteiger partial charge in [-0.15, -0.1) is 0 Å². The summed E-state index contributed by atoms with van der Waals surface area (Å²) in [6.07, 6.45) is 6.05. The van der Waals surface area contributed by atoms with Crippen LogP contribution < -0.4 is 0 Å². The second-order valence-electron chi connectivity index (χ2n) is 11.4. The van der Waals surface area contributed by atoms with Gasteiger partial charge in [0.05, 0.1) is 0 Å². The van der Waals surface area contributed by atoms with Gasteiger partial charge in [-0.05, 0) is 72.5 Å². The average molecular weight is 480 g/mol. The number of piperidine rings is 1. The smallest absolute Gasteiger partial charge is 0.200 e. The van der Waals surface area contributed by atoms with Crippen LogP contribution in [0.1, 0.15) is 79.2 Å². The zero-order valence-electron chi connectivity index (χ0n) is 21.2. The Kier molecular flexibility index (Phi) is 8.93. The SMILES string of the molecule is CC(C)[Si](OC[C@@H]1[C@H](CO)CCCN1CC1(c2ccc(Cl)cc2)CCC1)(C(C)C)C(C)C. The first kappa shape index (κ1) is 26.2. The van der Waals surface area contributed by atoms with Crippen molar-refractivity contribution in [3.63, 3.8) is 0 Å². The Labute approximate surface area is 203 Å². The topological polar surface area (TPSA) is 32.7 Å². The van der Waals surface area contributed by atoms with Crippen molar-refractivity contribution in [2.45, 2.75) is 102 Å². The summed E-state index contributed by atoms with van der Waals surface area (Å²) >= 11 is 6.19. The second-order valence-corrected chi connectivity index (χ2v) is 17.3. The molecule has 0 unspecified atom stereocenters. The molecule has 3 nitrogen and oxygen atoms in total. The summed E-state index contributed by atoms with van der Waals surface area (Å²) in [5, 5.41) is 11.1. The van der Waals surface area contributed by atoms with Crippen molar-refractivity contribution < 1.29 is 9.53 Å². The third-order valence-corrected chi connectivity index (χ3v) is 15.1. The molecule has 5 heteroatoms. The molecule has 2 aliphatic rings. The maximum absolute atomic E-state index is 10.3. The van der Waals surface area contributed by atoms with Gasteiger partial charge in [0.2, 0.25) is 0 Å². The van der Waals surface area contributed by atoms with Crippen LogP contribution in [-0.4, -0.2) is 50.7 Å². The third-order valence-electron chi connectivity index (χ3n) is 8.75. The standard InChI is InChI=1S/C27H46ClNO2Si/c1-20(2)32(21(3)4,22(5)6)31-18-26-23(17-30)9-7-16-29(26)19-27(14-8-15-27)24-10-12-25(28)13-11-24/h10-13,20-23,26,30H,7-9,14-19H2,1-6H3/t23-,26+/m0/s1. The molecule has 3 rings (SSSR count). The molecule has 182 valence electrons. The van der Waals surface area contributed by atoms with E-state index in [4.69, 9.17) is 16.0 Å². The predicted octanol–water partition coefficient (Wildman–Crippen LogP) is 7.03. The van der Waals surface area contributed by atoms with Crippen LogP contribution >= 0.6 is 11.6 Å². The number of aliphatic hydroxyl groups is 1. The van der Waals surface area contributed by atoms with Crippen LogP contribution in [0.3, 0.4) is 0 Å². The van der Waals surface area contributed by atoms with Crippen LogP contribution in [0.15, 0.2) is 24.3 Å². The lowest BCUT2D eigenvalue weighted by molar-refractivity contribution is -0.00130. The molecule has 1 aliphatic carbocycles. The molecule has 2 fully saturated rings. The average Bonchev–Trinajstić information content (AvgIpc) is 2.71. The van der Waals surface area contributed by atoms with Gasteiger partial charge in [-0.3, -0.25) is 4.90 Å². The number of nitrogens with zero attached hydrogens (tertiary/aromatic N) is 1. The van der Waals surface area contributed by atoms with Gasteiger partial charge in [0.15, 0.2) is 8.32 Å². The predicted molar refractivity (Wildman–Crippen MR) is 139 cm³/mol. The molecule has 2 atom stereocenters. The summed E-state index contributed by atoms with van der Waals surface area (Å²) in [4.78, 5) is 2.68. The molecule has 0 radical (unpaired) electrons. The van der Waals surface area contributed by atoms with E-state index in [2.05, 4.69) is 58.6 Å². The van der Waals surface area contributed by atoms with Gasteiger partial charge in [0.25, 0.3) is 0 Å². The van der Waals surface area contributed by atoms with Gasteiger partial charge in [-0.2, -0.15) is 0 Å². The third kappa shape index (κ3) is 5.15. The summed E-state index contributed by atoms with van der Waals surface area (Å²) in [5.41, 5.74) is 3.40. The summed E-state index contributed by atoms with van der Waals surface area (Å²) in [6, 6.07) is 8.85. The van der Waals surface area contributed by atoms with Crippen molar-refractivity contribution in [3.8, 4) is 0 Å². The van der Waals surface area contributed by atoms with Crippen LogP contribution in [0.4, 0.5) is 0 Å². The quantitative estimate of drug-likeness (QED) is 0.365. The minimum Gasteiger partial charge on any atom is -0.414 e. The van der Waals surface area contributed by atoms with Gasteiger partial charge in [-0.1, -0.05) is 71.7 Å². The van der Waals surface area contributed by atoms with Gasteiger partial charge in [-0.25, -0.2) is 0 Å². The minimum atomic E-state index is -1.93. The Hall–Kier alpha value is -0.393. The Morgan fingerprint density at radius 2 is 1.62 bits per heavy atom. The lowest BCUT2D eigenvalue weighted by Gasteiger charge is -2.51. The molecule has 32 heavy (non-hydrogen) atoms. The first-order valence-corrected chi connectivity index (χ1v) is 15.4. The maximum Gasteiger partial charge on any atom is 0.200 e. The van der Waals surface area contributed by atoms with Crippen molar-refractivity contribution in [3.05, 3.63) is 34.9 Å². The normalized spacial score (nSPS) is 24.3. The van der Waals surface area contributed by atoms with Crippen molar-refractivity contribution in [2.75, 3.05) is 26.3 Å². The Bertz CT molecular complexity index is 695. The van der Waals surface area contributed by atoms with E-state index < -0.39 is 8.32 Å². The highest BCUT2D eigenvalue weighted by Crippen LogP contribution is 2.46. The highest BCUT2D eigenvalue weighted by atomic mass is 35.5. The second kappa shape index (κ2) is 10.9. The van der Waals surface area contributed by atoms with E-state index in [0.717, 1.165) is 31.1 Å². The molecule has 1 heterocycles. The number of hydrogen-bond acceptors (Lipinski definition) is 3. The lowest BCUT2D eigenvalue weighted by Crippen LogP contribution is -2.57. The molecule has 1 aromatic carbocycles. The summed E-state index contributed by atoms with van der Waals surface area (Å²) < 4.78 is 7.07. The lowest BCUT2D eigenvalue weighted by atomic mass is 9.63. The van der Waals surface area contributed by atoms with E-state index in [1.807, 2.05) is 12.1 Å². The highest BCUT2D eigenvalue weighted by molar-refractivity contribution is 6.77. The zero-order valence-corrected chi connectivity index (χ0v) is 23.0. The molecular formula is C27H46ClNO2Si. The van der Waals surface area contributed by atoms with Crippen LogP contribution in [0.5, 0.6) is 0 Å².